The Labute approximate surface area is 110 Å². The smallest absolute Gasteiger partial charge is 0.326 e. The number of carbonyl (C=O) groups excluding carboxylic acids is 1. The van der Waals surface area contributed by atoms with E-state index in [9.17, 15) is 14.0 Å². The van der Waals surface area contributed by atoms with Crippen molar-refractivity contribution in [2.75, 3.05) is 0 Å². The molecule has 5 heteroatoms. The van der Waals surface area contributed by atoms with Crippen LogP contribution in [0.25, 0.3) is 6.08 Å². The molecule has 1 aromatic carbocycles. The average molecular weight is 263 g/mol. The van der Waals surface area contributed by atoms with E-state index in [1.165, 1.54) is 30.4 Å². The van der Waals surface area contributed by atoms with Gasteiger partial charge in [0.05, 0.1) is 0 Å². The molecule has 0 aliphatic carbocycles. The first kappa shape index (κ1) is 14.6. The number of aliphatic carboxylic acids is 1. The molecular formula is C14H14FNO3. The zero-order valence-electron chi connectivity index (χ0n) is 10.2. The highest BCUT2D eigenvalue weighted by molar-refractivity contribution is 5.94. The van der Waals surface area contributed by atoms with E-state index in [0.717, 1.165) is 6.08 Å². The topological polar surface area (TPSA) is 66.4 Å². The average Bonchev–Trinajstić information content (AvgIpc) is 2.36. The van der Waals surface area contributed by atoms with Crippen molar-refractivity contribution >= 4 is 18.0 Å². The van der Waals surface area contributed by atoms with Gasteiger partial charge in [0.15, 0.2) is 0 Å². The van der Waals surface area contributed by atoms with Crippen LogP contribution in [0.4, 0.5) is 4.39 Å². The minimum absolute atomic E-state index is 0.134. The SMILES string of the molecule is C=CCC(NC(=O)/C=C/c1cccc(F)c1)C(=O)O. The number of rotatable bonds is 6. The third-order valence-corrected chi connectivity index (χ3v) is 2.29. The summed E-state index contributed by atoms with van der Waals surface area (Å²) < 4.78 is 12.9. The van der Waals surface area contributed by atoms with Gasteiger partial charge in [0.2, 0.25) is 5.91 Å². The molecule has 0 aliphatic rings. The molecule has 0 aromatic heterocycles. The van der Waals surface area contributed by atoms with Gasteiger partial charge in [-0.25, -0.2) is 9.18 Å². The Hall–Kier alpha value is -2.43. The third kappa shape index (κ3) is 5.16. The van der Waals surface area contributed by atoms with E-state index < -0.39 is 23.7 Å². The molecule has 1 rings (SSSR count). The van der Waals surface area contributed by atoms with Crippen molar-refractivity contribution in [2.45, 2.75) is 12.5 Å². The minimum Gasteiger partial charge on any atom is -0.480 e. The zero-order chi connectivity index (χ0) is 14.3. The lowest BCUT2D eigenvalue weighted by molar-refractivity contribution is -0.141. The number of nitrogens with one attached hydrogen (secondary N) is 1. The standard InChI is InChI=1S/C14H14FNO3/c1-2-4-12(14(18)19)16-13(17)8-7-10-5-3-6-11(15)9-10/h2-3,5-9,12H,1,4H2,(H,16,17)(H,18,19)/b8-7+. The van der Waals surface area contributed by atoms with Crippen LogP contribution in [-0.2, 0) is 9.59 Å². The van der Waals surface area contributed by atoms with Crippen LogP contribution in [0.1, 0.15) is 12.0 Å². The zero-order valence-corrected chi connectivity index (χ0v) is 10.2. The van der Waals surface area contributed by atoms with E-state index >= 15 is 0 Å². The monoisotopic (exact) mass is 263 g/mol. The first-order valence-corrected chi connectivity index (χ1v) is 5.60. The van der Waals surface area contributed by atoms with E-state index in [-0.39, 0.29) is 6.42 Å². The number of carboxylic acid groups (broad SMARTS) is 1. The molecule has 2 N–H and O–H groups in total. The molecule has 1 unspecified atom stereocenters. The first-order chi connectivity index (χ1) is 9.02. The van der Waals surface area contributed by atoms with Gasteiger partial charge in [-0.1, -0.05) is 18.2 Å². The summed E-state index contributed by atoms with van der Waals surface area (Å²) in [5, 5.41) is 11.2. The van der Waals surface area contributed by atoms with E-state index in [1.807, 2.05) is 0 Å². The van der Waals surface area contributed by atoms with Crippen molar-refractivity contribution in [1.29, 1.82) is 0 Å². The molecule has 0 fully saturated rings. The van der Waals surface area contributed by atoms with Crippen LogP contribution < -0.4 is 5.32 Å². The molecule has 0 bridgehead atoms. The first-order valence-electron chi connectivity index (χ1n) is 5.60. The highest BCUT2D eigenvalue weighted by Crippen LogP contribution is 2.05. The summed E-state index contributed by atoms with van der Waals surface area (Å²) in [6, 6.07) is 4.70. The number of carboxylic acids is 1. The Morgan fingerprint density at radius 1 is 1.47 bits per heavy atom. The minimum atomic E-state index is -1.13. The maximum Gasteiger partial charge on any atom is 0.326 e. The number of amides is 1. The fraction of sp³-hybridized carbons (Fsp3) is 0.143. The predicted octanol–water partition coefficient (Wildman–Crippen LogP) is 1.98. The highest BCUT2D eigenvalue weighted by Gasteiger charge is 2.16. The van der Waals surface area contributed by atoms with Gasteiger partial charge in [0, 0.05) is 6.08 Å². The summed E-state index contributed by atoms with van der Waals surface area (Å²) in [7, 11) is 0. The maximum absolute atomic E-state index is 12.9. The Bertz CT molecular complexity index is 511. The number of hydrogen-bond acceptors (Lipinski definition) is 2. The second-order valence-electron chi connectivity index (χ2n) is 3.81. The predicted molar refractivity (Wildman–Crippen MR) is 69.8 cm³/mol. The fourth-order valence-corrected chi connectivity index (χ4v) is 1.39. The second kappa shape index (κ2) is 7.10. The van der Waals surface area contributed by atoms with E-state index in [1.54, 1.807) is 6.07 Å². The Morgan fingerprint density at radius 2 is 2.21 bits per heavy atom. The van der Waals surface area contributed by atoms with E-state index in [4.69, 9.17) is 5.11 Å². The lowest BCUT2D eigenvalue weighted by atomic mass is 10.2. The summed E-state index contributed by atoms with van der Waals surface area (Å²) in [4.78, 5) is 22.3. The summed E-state index contributed by atoms with van der Waals surface area (Å²) in [5.41, 5.74) is 0.519. The quantitative estimate of drug-likeness (QED) is 0.609. The van der Waals surface area contributed by atoms with Crippen LogP contribution in [0, 0.1) is 5.82 Å². The molecular weight excluding hydrogens is 249 g/mol. The molecule has 100 valence electrons. The molecule has 1 atom stereocenters. The van der Waals surface area contributed by atoms with Gasteiger partial charge in [-0.15, -0.1) is 6.58 Å². The molecule has 1 aromatic rings. The van der Waals surface area contributed by atoms with Crippen molar-refractivity contribution in [1.82, 2.24) is 5.32 Å². The molecule has 0 aliphatic heterocycles. The summed E-state index contributed by atoms with van der Waals surface area (Å²) in [6.07, 6.45) is 4.11. The van der Waals surface area contributed by atoms with Crippen molar-refractivity contribution < 1.29 is 19.1 Å². The number of hydrogen-bond donors (Lipinski definition) is 2. The van der Waals surface area contributed by atoms with Gasteiger partial charge in [0.25, 0.3) is 0 Å². The summed E-state index contributed by atoms with van der Waals surface area (Å²) >= 11 is 0. The normalized spacial score (nSPS) is 12.1. The third-order valence-electron chi connectivity index (χ3n) is 2.29. The lowest BCUT2D eigenvalue weighted by Crippen LogP contribution is -2.39. The van der Waals surface area contributed by atoms with Crippen LogP contribution in [0.15, 0.2) is 43.0 Å². The van der Waals surface area contributed by atoms with Gasteiger partial charge in [-0.05, 0) is 30.2 Å². The van der Waals surface area contributed by atoms with Gasteiger partial charge in [0.1, 0.15) is 11.9 Å². The van der Waals surface area contributed by atoms with Crippen LogP contribution in [0.2, 0.25) is 0 Å². The van der Waals surface area contributed by atoms with Gasteiger partial charge in [-0.3, -0.25) is 4.79 Å². The van der Waals surface area contributed by atoms with Crippen molar-refractivity contribution in [3.8, 4) is 0 Å². The van der Waals surface area contributed by atoms with Crippen LogP contribution in [0.3, 0.4) is 0 Å². The van der Waals surface area contributed by atoms with E-state index in [0.29, 0.717) is 5.56 Å². The molecule has 0 saturated carbocycles. The van der Waals surface area contributed by atoms with Gasteiger partial charge >= 0.3 is 5.97 Å². The molecule has 1 amide bonds. The molecule has 19 heavy (non-hydrogen) atoms. The molecule has 0 radical (unpaired) electrons. The summed E-state index contributed by atoms with van der Waals surface area (Å²) in [6.45, 7) is 3.42. The Kier molecular flexibility index (Phi) is 5.47. The number of benzene rings is 1. The molecule has 0 heterocycles. The summed E-state index contributed by atoms with van der Waals surface area (Å²) in [5.74, 6) is -2.09. The van der Waals surface area contributed by atoms with Crippen LogP contribution >= 0.6 is 0 Å². The maximum atomic E-state index is 12.9. The van der Waals surface area contributed by atoms with Crippen molar-refractivity contribution in [3.63, 3.8) is 0 Å². The lowest BCUT2D eigenvalue weighted by Gasteiger charge is -2.10. The molecule has 0 spiro atoms. The van der Waals surface area contributed by atoms with Crippen LogP contribution in [-0.4, -0.2) is 23.0 Å². The molecule has 0 saturated heterocycles. The van der Waals surface area contributed by atoms with Crippen LogP contribution in [0.5, 0.6) is 0 Å². The van der Waals surface area contributed by atoms with Gasteiger partial charge in [-0.2, -0.15) is 0 Å². The van der Waals surface area contributed by atoms with Crippen molar-refractivity contribution in [3.05, 3.63) is 54.4 Å². The Balaban J connectivity index is 2.64. The number of carbonyl (C=O) groups is 2. The highest BCUT2D eigenvalue weighted by atomic mass is 19.1. The molecule has 4 nitrogen and oxygen atoms in total. The fourth-order valence-electron chi connectivity index (χ4n) is 1.39. The van der Waals surface area contributed by atoms with Crippen molar-refractivity contribution in [2.24, 2.45) is 0 Å². The second-order valence-corrected chi connectivity index (χ2v) is 3.81. The van der Waals surface area contributed by atoms with E-state index in [2.05, 4.69) is 11.9 Å². The number of halogens is 1. The largest absolute Gasteiger partial charge is 0.480 e. The van der Waals surface area contributed by atoms with Gasteiger partial charge < -0.3 is 10.4 Å². The Morgan fingerprint density at radius 3 is 2.79 bits per heavy atom.